The Labute approximate surface area is 211 Å². The van der Waals surface area contributed by atoms with E-state index in [0.29, 0.717) is 23.7 Å². The number of carbonyl (C=O) groups excluding carboxylic acids is 4. The number of amides is 3. The van der Waals surface area contributed by atoms with Crippen LogP contribution in [0.25, 0.3) is 0 Å². The summed E-state index contributed by atoms with van der Waals surface area (Å²) in [5, 5.41) is 16.5. The van der Waals surface area contributed by atoms with Crippen LogP contribution in [0.3, 0.4) is 0 Å². The van der Waals surface area contributed by atoms with Gasteiger partial charge in [0.2, 0.25) is 5.91 Å². The van der Waals surface area contributed by atoms with Crippen LogP contribution in [-0.2, 0) is 28.4 Å². The number of rotatable bonds is 11. The minimum Gasteiger partial charge on any atom is -0.463 e. The van der Waals surface area contributed by atoms with Crippen LogP contribution in [0, 0.1) is 11.3 Å². The minimum atomic E-state index is -1.31. The first kappa shape index (κ1) is 28.1. The van der Waals surface area contributed by atoms with E-state index in [0.717, 1.165) is 18.2 Å². The molecule has 0 aromatic carbocycles. The molecule has 0 bridgehead atoms. The Balaban J connectivity index is 1.94. The molecule has 2 aromatic rings. The molecule has 12 heteroatoms. The summed E-state index contributed by atoms with van der Waals surface area (Å²) in [7, 11) is 2.00. The van der Waals surface area contributed by atoms with Gasteiger partial charge in [0.1, 0.15) is 11.4 Å². The minimum absolute atomic E-state index is 0.199. The normalized spacial score (nSPS) is 11.1. The lowest BCUT2D eigenvalue weighted by Crippen LogP contribution is -2.25. The third kappa shape index (κ3) is 8.92. The molecule has 0 radical (unpaired) electrons. The first-order chi connectivity index (χ1) is 16.9. The zero-order chi connectivity index (χ0) is 26.9. The molecule has 0 spiro atoms. The highest BCUT2D eigenvalue weighted by Crippen LogP contribution is 2.17. The van der Waals surface area contributed by atoms with Crippen LogP contribution >= 0.6 is 0 Å². The van der Waals surface area contributed by atoms with Crippen molar-refractivity contribution < 1.29 is 23.9 Å². The number of esters is 1. The highest BCUT2D eigenvalue weighted by molar-refractivity contribution is 6.76. The van der Waals surface area contributed by atoms with Gasteiger partial charge in [0.15, 0.2) is 0 Å². The lowest BCUT2D eigenvalue weighted by molar-refractivity contribution is -0.137. The van der Waals surface area contributed by atoms with Crippen molar-refractivity contribution in [1.82, 2.24) is 14.5 Å². The molecule has 192 valence electrons. The largest absolute Gasteiger partial charge is 0.463 e. The summed E-state index contributed by atoms with van der Waals surface area (Å²) in [6.07, 6.45) is 5.50. The second-order valence-corrected chi connectivity index (χ2v) is 15.0. The lowest BCUT2D eigenvalue weighted by Gasteiger charge is -2.14. The molecular weight excluding hydrogens is 480 g/mol. The van der Waals surface area contributed by atoms with Crippen LogP contribution in [0.2, 0.25) is 25.7 Å². The van der Waals surface area contributed by atoms with Gasteiger partial charge < -0.3 is 29.8 Å². The SMILES string of the molecule is Cn1cc(NC(=O)c2cc(NC(=O)/C=C/C(=O)OCC[Si](C)(C)C)cn2C)cc1C(=O)NCCC#N. The van der Waals surface area contributed by atoms with E-state index in [2.05, 4.69) is 35.6 Å². The Morgan fingerprint density at radius 2 is 1.56 bits per heavy atom. The van der Waals surface area contributed by atoms with E-state index >= 15 is 0 Å². The number of hydrogen-bond donors (Lipinski definition) is 3. The summed E-state index contributed by atoms with van der Waals surface area (Å²) in [6.45, 7) is 7.08. The van der Waals surface area contributed by atoms with Crippen molar-refractivity contribution in [3.8, 4) is 6.07 Å². The zero-order valence-corrected chi connectivity index (χ0v) is 22.2. The Morgan fingerprint density at radius 3 is 2.14 bits per heavy atom. The van der Waals surface area contributed by atoms with E-state index in [9.17, 15) is 19.2 Å². The Morgan fingerprint density at radius 1 is 0.972 bits per heavy atom. The number of aromatic nitrogens is 2. The molecule has 0 aliphatic rings. The average Bonchev–Trinajstić information content (AvgIpc) is 3.33. The van der Waals surface area contributed by atoms with Gasteiger partial charge in [-0.05, 0) is 18.2 Å². The second kappa shape index (κ2) is 12.5. The molecule has 36 heavy (non-hydrogen) atoms. The summed E-state index contributed by atoms with van der Waals surface area (Å²) < 4.78 is 8.22. The van der Waals surface area contributed by atoms with Crippen LogP contribution < -0.4 is 16.0 Å². The summed E-state index contributed by atoms with van der Waals surface area (Å²) in [6, 6.07) is 5.81. The number of nitriles is 1. The fourth-order valence-electron chi connectivity index (χ4n) is 3.07. The predicted octanol–water partition coefficient (Wildman–Crippen LogP) is 2.64. The number of aryl methyl sites for hydroxylation is 2. The molecule has 2 heterocycles. The van der Waals surface area contributed by atoms with Crippen molar-refractivity contribution in [3.05, 3.63) is 48.1 Å². The standard InChI is InChI=1S/C24H32N6O5Si/c1-29-16-18(14-19(29)23(33)26-10-6-9-25)28-24(34)20-13-17(15-30(20)2)27-21(31)7-8-22(32)35-11-12-36(3,4)5/h7-8,13-16H,6,10-12H2,1-5H3,(H,26,33)(H,27,31)(H,28,34)/b8-7+. The number of ether oxygens (including phenoxy) is 1. The van der Waals surface area contributed by atoms with Crippen LogP contribution in [0.15, 0.2) is 36.7 Å². The van der Waals surface area contributed by atoms with E-state index in [1.165, 1.54) is 16.7 Å². The van der Waals surface area contributed by atoms with E-state index in [4.69, 9.17) is 10.00 Å². The topological polar surface area (TPSA) is 147 Å². The van der Waals surface area contributed by atoms with Gasteiger partial charge in [0.25, 0.3) is 11.8 Å². The van der Waals surface area contributed by atoms with Crippen molar-refractivity contribution >= 4 is 43.1 Å². The van der Waals surface area contributed by atoms with E-state index in [1.807, 2.05) is 6.07 Å². The number of carbonyl (C=O) groups is 4. The molecule has 3 amide bonds. The van der Waals surface area contributed by atoms with Crippen LogP contribution in [0.1, 0.15) is 27.4 Å². The Bertz CT molecular complexity index is 1200. The molecule has 3 N–H and O–H groups in total. The Hall–Kier alpha value is -4.11. The number of anilines is 2. The monoisotopic (exact) mass is 512 g/mol. The first-order valence-electron chi connectivity index (χ1n) is 11.3. The molecule has 0 saturated carbocycles. The summed E-state index contributed by atoms with van der Waals surface area (Å²) in [4.78, 5) is 48.9. The molecule has 2 rings (SSSR count). The number of nitrogens with zero attached hydrogens (tertiary/aromatic N) is 3. The molecule has 0 aliphatic heterocycles. The van der Waals surface area contributed by atoms with Crippen molar-refractivity contribution in [1.29, 1.82) is 5.26 Å². The van der Waals surface area contributed by atoms with Crippen LogP contribution in [0.5, 0.6) is 0 Å². The predicted molar refractivity (Wildman–Crippen MR) is 138 cm³/mol. The van der Waals surface area contributed by atoms with Crippen molar-refractivity contribution in [2.45, 2.75) is 32.1 Å². The molecule has 0 unspecified atom stereocenters. The molecule has 0 atom stereocenters. The number of hydrogen-bond acceptors (Lipinski definition) is 6. The smallest absolute Gasteiger partial charge is 0.330 e. The van der Waals surface area contributed by atoms with Gasteiger partial charge in [-0.25, -0.2) is 4.79 Å². The fraction of sp³-hybridized carbons (Fsp3) is 0.375. The lowest BCUT2D eigenvalue weighted by atomic mass is 10.3. The second-order valence-electron chi connectivity index (χ2n) is 9.37. The number of nitrogens with one attached hydrogen (secondary N) is 3. The molecule has 0 aliphatic carbocycles. The molecule has 0 saturated heterocycles. The maximum atomic E-state index is 12.8. The van der Waals surface area contributed by atoms with Gasteiger partial charge in [-0.2, -0.15) is 5.26 Å². The van der Waals surface area contributed by atoms with Crippen LogP contribution in [-0.4, -0.2) is 54.1 Å². The summed E-state index contributed by atoms with van der Waals surface area (Å²) in [5.74, 6) is -1.92. The van der Waals surface area contributed by atoms with Gasteiger partial charge in [0.05, 0.1) is 30.5 Å². The average molecular weight is 513 g/mol. The molecule has 2 aromatic heterocycles. The maximum Gasteiger partial charge on any atom is 0.330 e. The van der Waals surface area contributed by atoms with Crippen molar-refractivity contribution in [2.24, 2.45) is 14.1 Å². The summed E-state index contributed by atoms with van der Waals surface area (Å²) in [5.41, 5.74) is 1.38. The maximum absolute atomic E-state index is 12.8. The van der Waals surface area contributed by atoms with E-state index in [-0.39, 0.29) is 24.6 Å². The van der Waals surface area contributed by atoms with Gasteiger partial charge >= 0.3 is 5.97 Å². The van der Waals surface area contributed by atoms with Gasteiger partial charge in [0, 0.05) is 53.3 Å². The van der Waals surface area contributed by atoms with E-state index < -0.39 is 25.9 Å². The quantitative estimate of drug-likeness (QED) is 0.182. The summed E-state index contributed by atoms with van der Waals surface area (Å²) >= 11 is 0. The van der Waals surface area contributed by atoms with Gasteiger partial charge in [-0.1, -0.05) is 19.6 Å². The van der Waals surface area contributed by atoms with Crippen LogP contribution in [0.4, 0.5) is 11.4 Å². The van der Waals surface area contributed by atoms with Gasteiger partial charge in [-0.3, -0.25) is 14.4 Å². The molecular formula is C24H32N6O5Si. The Kier molecular flexibility index (Phi) is 9.80. The third-order valence-corrected chi connectivity index (χ3v) is 6.69. The van der Waals surface area contributed by atoms with E-state index in [1.54, 1.807) is 31.1 Å². The van der Waals surface area contributed by atoms with Gasteiger partial charge in [-0.15, -0.1) is 0 Å². The third-order valence-electron chi connectivity index (χ3n) is 4.99. The van der Waals surface area contributed by atoms with Crippen molar-refractivity contribution in [3.63, 3.8) is 0 Å². The molecule has 0 fully saturated rings. The molecule has 11 nitrogen and oxygen atoms in total. The first-order valence-corrected chi connectivity index (χ1v) is 15.1. The fourth-order valence-corrected chi connectivity index (χ4v) is 3.78. The highest BCUT2D eigenvalue weighted by atomic mass is 28.3. The zero-order valence-electron chi connectivity index (χ0n) is 21.2. The van der Waals surface area contributed by atoms with Crippen molar-refractivity contribution in [2.75, 3.05) is 23.8 Å². The highest BCUT2D eigenvalue weighted by Gasteiger charge is 2.17.